The molecule has 2 rings (SSSR count). The average molecular weight is 378 g/mol. The van der Waals surface area contributed by atoms with Gasteiger partial charge in [0.2, 0.25) is 0 Å². The molecule has 27 heavy (non-hydrogen) atoms. The Hall–Kier alpha value is -2.38. The van der Waals surface area contributed by atoms with Crippen molar-refractivity contribution in [3.63, 3.8) is 0 Å². The Morgan fingerprint density at radius 2 is 2.04 bits per heavy atom. The number of hydrogen-bond acceptors (Lipinski definition) is 5. The van der Waals surface area contributed by atoms with Crippen molar-refractivity contribution in [2.24, 2.45) is 0 Å². The van der Waals surface area contributed by atoms with E-state index >= 15 is 0 Å². The predicted molar refractivity (Wildman–Crippen MR) is 101 cm³/mol. The van der Waals surface area contributed by atoms with Gasteiger partial charge in [0.25, 0.3) is 11.7 Å². The van der Waals surface area contributed by atoms with Gasteiger partial charge >= 0.3 is 6.09 Å². The van der Waals surface area contributed by atoms with Crippen molar-refractivity contribution >= 4 is 23.6 Å². The Labute approximate surface area is 160 Å². The van der Waals surface area contributed by atoms with Crippen LogP contribution in [0, 0.1) is 0 Å². The van der Waals surface area contributed by atoms with Crippen LogP contribution in [0.1, 0.15) is 72.3 Å². The molecule has 1 saturated carbocycles. The first kappa shape index (κ1) is 20.9. The third-order valence-corrected chi connectivity index (χ3v) is 4.39. The van der Waals surface area contributed by atoms with Crippen molar-refractivity contribution in [1.82, 2.24) is 15.1 Å². The average Bonchev–Trinajstić information content (AvgIpc) is 2.95. The molecule has 0 radical (unpaired) electrons. The molecular weight excluding hydrogens is 348 g/mol. The van der Waals surface area contributed by atoms with Gasteiger partial charge in [0.1, 0.15) is 5.82 Å². The van der Waals surface area contributed by atoms with Crippen LogP contribution in [0.2, 0.25) is 0 Å². The van der Waals surface area contributed by atoms with E-state index in [2.05, 4.69) is 15.7 Å². The fourth-order valence-electron chi connectivity index (χ4n) is 2.76. The molecule has 150 valence electrons. The number of ketones is 1. The Bertz CT molecular complexity index is 673. The normalized spacial score (nSPS) is 15.6. The van der Waals surface area contributed by atoms with Crippen LogP contribution in [-0.2, 0) is 14.3 Å². The van der Waals surface area contributed by atoms with Gasteiger partial charge in [-0.3, -0.25) is 9.59 Å². The number of carbonyl (C=O) groups excluding carboxylic acids is 3. The highest BCUT2D eigenvalue weighted by Gasteiger charge is 2.31. The minimum absolute atomic E-state index is 0.259. The van der Waals surface area contributed by atoms with Crippen molar-refractivity contribution in [3.8, 4) is 0 Å². The molecule has 8 nitrogen and oxygen atoms in total. The molecule has 0 unspecified atom stereocenters. The Balaban J connectivity index is 2.01. The quantitative estimate of drug-likeness (QED) is 0.676. The van der Waals surface area contributed by atoms with Gasteiger partial charge in [-0.1, -0.05) is 13.3 Å². The minimum Gasteiger partial charge on any atom is -0.438 e. The second-order valence-electron chi connectivity index (χ2n) is 7.98. The van der Waals surface area contributed by atoms with Crippen LogP contribution in [0.15, 0.2) is 12.3 Å². The van der Waals surface area contributed by atoms with E-state index in [1.165, 1.54) is 0 Å². The molecule has 0 saturated heterocycles. The highest BCUT2D eigenvalue weighted by atomic mass is 16.6. The number of alkyl carbamates (subject to hydrolysis) is 1. The second-order valence-corrected chi connectivity index (χ2v) is 7.98. The van der Waals surface area contributed by atoms with Crippen LogP contribution in [0.3, 0.4) is 0 Å². The van der Waals surface area contributed by atoms with Gasteiger partial charge in [-0.05, 0) is 52.9 Å². The zero-order valence-electron chi connectivity index (χ0n) is 16.6. The van der Waals surface area contributed by atoms with E-state index in [0.29, 0.717) is 18.7 Å². The predicted octanol–water partition coefficient (Wildman–Crippen LogP) is 3.20. The van der Waals surface area contributed by atoms with Gasteiger partial charge in [-0.15, -0.1) is 0 Å². The fourth-order valence-corrected chi connectivity index (χ4v) is 2.76. The van der Waals surface area contributed by atoms with Crippen molar-refractivity contribution in [2.75, 3.05) is 5.32 Å². The van der Waals surface area contributed by atoms with Gasteiger partial charge in [-0.2, -0.15) is 5.10 Å². The number of Topliss-reactive ketones (excluding diaryl/α,β-unsaturated/α-hetero) is 1. The van der Waals surface area contributed by atoms with Crippen LogP contribution >= 0.6 is 0 Å². The summed E-state index contributed by atoms with van der Waals surface area (Å²) in [5.41, 5.74) is -0.493. The van der Waals surface area contributed by atoms with Crippen molar-refractivity contribution < 1.29 is 19.1 Å². The Morgan fingerprint density at radius 1 is 1.33 bits per heavy atom. The van der Waals surface area contributed by atoms with Gasteiger partial charge < -0.3 is 15.4 Å². The summed E-state index contributed by atoms with van der Waals surface area (Å²) >= 11 is 0. The standard InChI is InChI=1S/C19H30N4O4/c1-5-6-10-14(27-18(26)22-19(2,3)4)16(24)17(25)21-15-11-12-20-23(15)13-8-7-9-13/h11-14H,5-10H2,1-4H3,(H,21,25)(H,22,26)/t14-/m0/s1. The van der Waals surface area contributed by atoms with Gasteiger partial charge in [-0.25, -0.2) is 9.48 Å². The van der Waals surface area contributed by atoms with Crippen LogP contribution in [0.5, 0.6) is 0 Å². The minimum atomic E-state index is -1.10. The molecule has 0 aromatic carbocycles. The number of rotatable bonds is 8. The molecule has 1 atom stereocenters. The van der Waals surface area contributed by atoms with Gasteiger partial charge in [0.15, 0.2) is 6.10 Å². The van der Waals surface area contributed by atoms with E-state index < -0.39 is 29.4 Å². The lowest BCUT2D eigenvalue weighted by Crippen LogP contribution is -2.45. The first-order valence-corrected chi connectivity index (χ1v) is 9.58. The molecule has 0 bridgehead atoms. The lowest BCUT2D eigenvalue weighted by atomic mass is 9.93. The molecule has 1 aliphatic carbocycles. The number of amides is 2. The molecule has 1 aromatic heterocycles. The van der Waals surface area contributed by atoms with Gasteiger partial charge in [0.05, 0.1) is 12.2 Å². The van der Waals surface area contributed by atoms with Crippen LogP contribution < -0.4 is 10.6 Å². The summed E-state index contributed by atoms with van der Waals surface area (Å²) in [7, 11) is 0. The number of carbonyl (C=O) groups is 3. The molecule has 2 N–H and O–H groups in total. The molecule has 8 heteroatoms. The second kappa shape index (κ2) is 9.01. The summed E-state index contributed by atoms with van der Waals surface area (Å²) in [6, 6.07) is 1.92. The van der Waals surface area contributed by atoms with Crippen LogP contribution in [0.25, 0.3) is 0 Å². The summed E-state index contributed by atoms with van der Waals surface area (Å²) in [5.74, 6) is -1.05. The molecule has 1 aliphatic rings. The smallest absolute Gasteiger partial charge is 0.408 e. The topological polar surface area (TPSA) is 102 Å². The Kier molecular flexibility index (Phi) is 6.98. The third-order valence-electron chi connectivity index (χ3n) is 4.39. The molecule has 2 amide bonds. The summed E-state index contributed by atoms with van der Waals surface area (Å²) in [6.07, 6.45) is 4.74. The number of ether oxygens (including phenoxy) is 1. The number of nitrogens with one attached hydrogen (secondary N) is 2. The number of nitrogens with zero attached hydrogens (tertiary/aromatic N) is 2. The maximum absolute atomic E-state index is 12.6. The number of anilines is 1. The first-order chi connectivity index (χ1) is 12.7. The summed E-state index contributed by atoms with van der Waals surface area (Å²) in [5, 5.41) is 9.49. The number of hydrogen-bond donors (Lipinski definition) is 2. The van der Waals surface area contributed by atoms with E-state index in [1.807, 2.05) is 27.7 Å². The lowest BCUT2D eigenvalue weighted by molar-refractivity contribution is -0.140. The van der Waals surface area contributed by atoms with Gasteiger partial charge in [0, 0.05) is 11.6 Å². The third kappa shape index (κ3) is 6.08. The molecule has 1 aromatic rings. The highest BCUT2D eigenvalue weighted by molar-refractivity contribution is 6.42. The van der Waals surface area contributed by atoms with E-state index in [1.54, 1.807) is 16.9 Å². The molecule has 1 fully saturated rings. The van der Waals surface area contributed by atoms with E-state index in [9.17, 15) is 14.4 Å². The zero-order valence-corrected chi connectivity index (χ0v) is 16.6. The molecule has 1 heterocycles. The SMILES string of the molecule is CCCC[C@H](OC(=O)NC(C)(C)C)C(=O)C(=O)Nc1ccnn1C1CCC1. The van der Waals surface area contributed by atoms with Crippen molar-refractivity contribution in [2.45, 2.75) is 83.9 Å². The molecular formula is C19H30N4O4. The molecule has 0 spiro atoms. The maximum atomic E-state index is 12.6. The van der Waals surface area contributed by atoms with Crippen molar-refractivity contribution in [1.29, 1.82) is 0 Å². The fraction of sp³-hybridized carbons (Fsp3) is 0.684. The summed E-state index contributed by atoms with van der Waals surface area (Å²) in [4.78, 5) is 37.1. The van der Waals surface area contributed by atoms with E-state index in [4.69, 9.17) is 4.74 Å². The molecule has 0 aliphatic heterocycles. The summed E-state index contributed by atoms with van der Waals surface area (Å²) < 4.78 is 7.00. The first-order valence-electron chi connectivity index (χ1n) is 9.58. The Morgan fingerprint density at radius 3 is 2.59 bits per heavy atom. The maximum Gasteiger partial charge on any atom is 0.408 e. The zero-order chi connectivity index (χ0) is 20.0. The van der Waals surface area contributed by atoms with Crippen LogP contribution in [0.4, 0.5) is 10.6 Å². The number of aromatic nitrogens is 2. The van der Waals surface area contributed by atoms with E-state index in [-0.39, 0.29) is 6.04 Å². The van der Waals surface area contributed by atoms with Crippen molar-refractivity contribution in [3.05, 3.63) is 12.3 Å². The lowest BCUT2D eigenvalue weighted by Gasteiger charge is -2.27. The largest absolute Gasteiger partial charge is 0.438 e. The van der Waals surface area contributed by atoms with Crippen LogP contribution in [-0.4, -0.2) is 39.2 Å². The summed E-state index contributed by atoms with van der Waals surface area (Å²) in [6.45, 7) is 7.40. The highest BCUT2D eigenvalue weighted by Crippen LogP contribution is 2.33. The number of unbranched alkanes of at least 4 members (excludes halogenated alkanes) is 1. The van der Waals surface area contributed by atoms with E-state index in [0.717, 1.165) is 25.7 Å². The monoisotopic (exact) mass is 378 g/mol.